The third-order valence-electron chi connectivity index (χ3n) is 5.72. The Morgan fingerprint density at radius 1 is 1.03 bits per heavy atom. The van der Waals surface area contributed by atoms with E-state index >= 15 is 0 Å². The number of carbonyl (C=O) groups excluding carboxylic acids is 1. The van der Waals surface area contributed by atoms with E-state index in [0.29, 0.717) is 34.0 Å². The van der Waals surface area contributed by atoms with Gasteiger partial charge in [0.25, 0.3) is 5.56 Å². The highest BCUT2D eigenvalue weighted by Gasteiger charge is 2.16. The Bertz CT molecular complexity index is 1320. The van der Waals surface area contributed by atoms with Gasteiger partial charge in [0.2, 0.25) is 5.91 Å². The SMILES string of the molecule is CC[C@H](CNC(=O)CSc1nc2ccccc2c(=O)n1-c1ccc(OC)cc1)c1ccccc1. The van der Waals surface area contributed by atoms with Gasteiger partial charge in [-0.2, -0.15) is 0 Å². The topological polar surface area (TPSA) is 73.2 Å². The Kier molecular flexibility index (Phi) is 7.65. The standard InChI is InChI=1S/C27H27N3O3S/c1-3-19(20-9-5-4-6-10-20)17-28-25(31)18-34-27-29-24-12-8-7-11-23(24)26(32)30(27)21-13-15-22(33-2)16-14-21/h4-16,19H,3,17-18H2,1-2H3,(H,28,31)/t19-/m1/s1. The second-order valence-electron chi connectivity index (χ2n) is 7.86. The number of methoxy groups -OCH3 is 1. The summed E-state index contributed by atoms with van der Waals surface area (Å²) >= 11 is 1.25. The van der Waals surface area contributed by atoms with Gasteiger partial charge in [-0.3, -0.25) is 14.2 Å². The van der Waals surface area contributed by atoms with E-state index in [9.17, 15) is 9.59 Å². The number of fused-ring (bicyclic) bond motifs is 1. The number of hydrogen-bond donors (Lipinski definition) is 1. The van der Waals surface area contributed by atoms with Gasteiger partial charge in [-0.15, -0.1) is 0 Å². The fourth-order valence-corrected chi connectivity index (χ4v) is 4.65. The average Bonchev–Trinajstić information content (AvgIpc) is 2.89. The van der Waals surface area contributed by atoms with Crippen molar-refractivity contribution < 1.29 is 9.53 Å². The average molecular weight is 474 g/mol. The summed E-state index contributed by atoms with van der Waals surface area (Å²) in [6.07, 6.45) is 0.931. The smallest absolute Gasteiger partial charge is 0.266 e. The first-order chi connectivity index (χ1) is 16.6. The molecule has 0 unspecified atom stereocenters. The summed E-state index contributed by atoms with van der Waals surface area (Å²) in [4.78, 5) is 30.7. The molecule has 174 valence electrons. The number of nitrogens with zero attached hydrogens (tertiary/aromatic N) is 2. The number of aromatic nitrogens is 2. The van der Waals surface area contributed by atoms with Crippen LogP contribution in [0.5, 0.6) is 5.75 Å². The number of amides is 1. The number of thioether (sulfide) groups is 1. The molecule has 1 N–H and O–H groups in total. The molecule has 1 amide bonds. The molecule has 0 fully saturated rings. The van der Waals surface area contributed by atoms with Crippen LogP contribution in [-0.4, -0.2) is 34.9 Å². The number of ether oxygens (including phenoxy) is 1. The van der Waals surface area contributed by atoms with Crippen LogP contribution in [0.3, 0.4) is 0 Å². The lowest BCUT2D eigenvalue weighted by Crippen LogP contribution is -2.30. The molecule has 0 aliphatic carbocycles. The van der Waals surface area contributed by atoms with E-state index in [-0.39, 0.29) is 23.1 Å². The molecule has 34 heavy (non-hydrogen) atoms. The van der Waals surface area contributed by atoms with Crippen LogP contribution in [0.4, 0.5) is 0 Å². The van der Waals surface area contributed by atoms with E-state index < -0.39 is 0 Å². The molecule has 0 saturated heterocycles. The van der Waals surface area contributed by atoms with Crippen molar-refractivity contribution in [3.8, 4) is 11.4 Å². The zero-order valence-electron chi connectivity index (χ0n) is 19.2. The minimum Gasteiger partial charge on any atom is -0.497 e. The first kappa shape index (κ1) is 23.6. The van der Waals surface area contributed by atoms with E-state index in [1.54, 1.807) is 29.9 Å². The maximum Gasteiger partial charge on any atom is 0.266 e. The zero-order valence-corrected chi connectivity index (χ0v) is 20.0. The highest BCUT2D eigenvalue weighted by Crippen LogP contribution is 2.23. The van der Waals surface area contributed by atoms with Crippen molar-refractivity contribution in [1.82, 2.24) is 14.9 Å². The van der Waals surface area contributed by atoms with Crippen LogP contribution in [0.15, 0.2) is 88.8 Å². The number of hydrogen-bond acceptors (Lipinski definition) is 5. The Morgan fingerprint density at radius 3 is 2.44 bits per heavy atom. The molecule has 0 bridgehead atoms. The Hall–Kier alpha value is -3.58. The minimum atomic E-state index is -0.172. The number of nitrogens with one attached hydrogen (secondary N) is 1. The predicted octanol–water partition coefficient (Wildman–Crippen LogP) is 4.80. The van der Waals surface area contributed by atoms with Crippen molar-refractivity contribution in [2.24, 2.45) is 0 Å². The molecule has 1 heterocycles. The van der Waals surface area contributed by atoms with Gasteiger partial charge in [-0.1, -0.05) is 61.2 Å². The summed E-state index contributed by atoms with van der Waals surface area (Å²) in [5.41, 5.74) is 2.31. The van der Waals surface area contributed by atoms with Crippen LogP contribution in [0.2, 0.25) is 0 Å². The summed E-state index contributed by atoms with van der Waals surface area (Å²) < 4.78 is 6.80. The van der Waals surface area contributed by atoms with Crippen molar-refractivity contribution in [3.63, 3.8) is 0 Å². The Balaban J connectivity index is 1.54. The summed E-state index contributed by atoms with van der Waals surface area (Å²) in [5, 5.41) is 4.04. The summed E-state index contributed by atoms with van der Waals surface area (Å²) in [5.74, 6) is 1.02. The lowest BCUT2D eigenvalue weighted by molar-refractivity contribution is -0.118. The second kappa shape index (κ2) is 11.0. The van der Waals surface area contributed by atoms with Crippen molar-refractivity contribution in [3.05, 3.63) is 94.8 Å². The third kappa shape index (κ3) is 5.31. The van der Waals surface area contributed by atoms with Gasteiger partial charge in [-0.05, 0) is 48.4 Å². The van der Waals surface area contributed by atoms with Gasteiger partial charge < -0.3 is 10.1 Å². The molecule has 7 heteroatoms. The van der Waals surface area contributed by atoms with E-state index in [0.717, 1.165) is 6.42 Å². The molecule has 4 aromatic rings. The van der Waals surface area contributed by atoms with E-state index in [1.807, 2.05) is 48.5 Å². The maximum absolute atomic E-state index is 13.3. The molecule has 1 atom stereocenters. The van der Waals surface area contributed by atoms with Crippen molar-refractivity contribution in [1.29, 1.82) is 0 Å². The van der Waals surface area contributed by atoms with Gasteiger partial charge in [-0.25, -0.2) is 4.98 Å². The first-order valence-electron chi connectivity index (χ1n) is 11.2. The molecule has 0 radical (unpaired) electrons. The molecule has 0 spiro atoms. The Labute approximate surface area is 203 Å². The highest BCUT2D eigenvalue weighted by molar-refractivity contribution is 7.99. The first-order valence-corrected chi connectivity index (χ1v) is 12.2. The molecule has 6 nitrogen and oxygen atoms in total. The van der Waals surface area contributed by atoms with Crippen molar-refractivity contribution in [2.75, 3.05) is 19.4 Å². The molecule has 0 aliphatic heterocycles. The lowest BCUT2D eigenvalue weighted by atomic mass is 9.96. The minimum absolute atomic E-state index is 0.0944. The molecule has 4 rings (SSSR count). The lowest BCUT2D eigenvalue weighted by Gasteiger charge is -2.17. The van der Waals surface area contributed by atoms with E-state index in [4.69, 9.17) is 9.72 Å². The molecular weight excluding hydrogens is 446 g/mol. The van der Waals surface area contributed by atoms with Gasteiger partial charge >= 0.3 is 0 Å². The largest absolute Gasteiger partial charge is 0.497 e. The van der Waals surface area contributed by atoms with Crippen LogP contribution in [0, 0.1) is 0 Å². The molecular formula is C27H27N3O3S. The van der Waals surface area contributed by atoms with Crippen LogP contribution in [-0.2, 0) is 4.79 Å². The molecule has 0 saturated carbocycles. The number of carbonyl (C=O) groups is 1. The van der Waals surface area contributed by atoms with Crippen LogP contribution in [0.1, 0.15) is 24.8 Å². The van der Waals surface area contributed by atoms with Gasteiger partial charge in [0.05, 0.1) is 29.5 Å². The number of rotatable bonds is 9. The summed E-state index contributed by atoms with van der Waals surface area (Å²) in [6, 6.07) is 24.7. The zero-order chi connectivity index (χ0) is 23.9. The van der Waals surface area contributed by atoms with Gasteiger partial charge in [0, 0.05) is 12.5 Å². The number of para-hydroxylation sites is 1. The van der Waals surface area contributed by atoms with Crippen LogP contribution >= 0.6 is 11.8 Å². The highest BCUT2D eigenvalue weighted by atomic mass is 32.2. The van der Waals surface area contributed by atoms with Crippen molar-refractivity contribution >= 4 is 28.6 Å². The Morgan fingerprint density at radius 2 is 1.74 bits per heavy atom. The fraction of sp³-hybridized carbons (Fsp3) is 0.222. The van der Waals surface area contributed by atoms with Crippen molar-refractivity contribution in [2.45, 2.75) is 24.4 Å². The second-order valence-corrected chi connectivity index (χ2v) is 8.80. The molecule has 1 aromatic heterocycles. The summed E-state index contributed by atoms with van der Waals surface area (Å²) in [7, 11) is 1.60. The molecule has 3 aromatic carbocycles. The van der Waals surface area contributed by atoms with E-state index in [1.165, 1.54) is 17.3 Å². The monoisotopic (exact) mass is 473 g/mol. The fourth-order valence-electron chi connectivity index (χ4n) is 3.81. The normalized spacial score (nSPS) is 11.8. The van der Waals surface area contributed by atoms with Crippen LogP contribution < -0.4 is 15.6 Å². The quantitative estimate of drug-likeness (QED) is 0.279. The summed E-state index contributed by atoms with van der Waals surface area (Å²) in [6.45, 7) is 2.68. The van der Waals surface area contributed by atoms with E-state index in [2.05, 4.69) is 24.4 Å². The van der Waals surface area contributed by atoms with Gasteiger partial charge in [0.1, 0.15) is 5.75 Å². The van der Waals surface area contributed by atoms with Gasteiger partial charge in [0.15, 0.2) is 5.16 Å². The third-order valence-corrected chi connectivity index (χ3v) is 6.66. The number of benzene rings is 3. The predicted molar refractivity (Wildman–Crippen MR) is 137 cm³/mol. The maximum atomic E-state index is 13.3. The van der Waals surface area contributed by atoms with Crippen LogP contribution in [0.25, 0.3) is 16.6 Å². The molecule has 0 aliphatic rings.